The molecule has 2 aromatic rings. The molecule has 1 aromatic carbocycles. The number of aromatic nitrogens is 2. The van der Waals surface area contributed by atoms with Gasteiger partial charge >= 0.3 is 0 Å². The van der Waals surface area contributed by atoms with E-state index >= 15 is 0 Å². The quantitative estimate of drug-likeness (QED) is 0.880. The molecule has 17 heavy (non-hydrogen) atoms. The van der Waals surface area contributed by atoms with Gasteiger partial charge in [0.2, 0.25) is 9.47 Å². The van der Waals surface area contributed by atoms with Crippen LogP contribution in [0.1, 0.15) is 9.80 Å². The first kappa shape index (κ1) is 12.3. The molecule has 1 N–H and O–H groups in total. The van der Waals surface area contributed by atoms with Crippen LogP contribution in [0.4, 0.5) is 5.69 Å². The molecule has 1 heterocycles. The molecule has 0 spiro atoms. The number of thioether (sulfide) groups is 1. The van der Waals surface area contributed by atoms with Gasteiger partial charge in [0.25, 0.3) is 5.91 Å². The first-order valence-electron chi connectivity index (χ1n) is 4.63. The number of hydrogen-bond donors (Lipinski definition) is 1. The summed E-state index contributed by atoms with van der Waals surface area (Å²) < 4.78 is 0.257. The second-order valence-electron chi connectivity index (χ2n) is 3.05. The van der Waals surface area contributed by atoms with Gasteiger partial charge in [-0.25, -0.2) is 0 Å². The summed E-state index contributed by atoms with van der Waals surface area (Å²) in [7, 11) is 0. The largest absolute Gasteiger partial charge is 0.320 e. The lowest BCUT2D eigenvalue weighted by Crippen LogP contribution is -2.11. The van der Waals surface area contributed by atoms with E-state index in [2.05, 4.69) is 15.5 Å². The standard InChI is InChI=1S/C10H8ClN3OS2/c1-16-7-4-2-3-6(5-7)12-8(15)9-13-14-10(11)17-9/h2-5H,1H3,(H,12,15). The Bertz CT molecular complexity index is 544. The molecule has 0 aliphatic heterocycles. The number of carbonyl (C=O) groups excluding carboxylic acids is 1. The maximum Gasteiger partial charge on any atom is 0.286 e. The maximum atomic E-state index is 11.8. The molecule has 0 unspecified atom stereocenters. The van der Waals surface area contributed by atoms with Crippen molar-refractivity contribution in [1.82, 2.24) is 10.2 Å². The minimum Gasteiger partial charge on any atom is -0.320 e. The smallest absolute Gasteiger partial charge is 0.286 e. The van der Waals surface area contributed by atoms with Crippen LogP contribution < -0.4 is 5.32 Å². The van der Waals surface area contributed by atoms with Crippen LogP contribution in [-0.4, -0.2) is 22.4 Å². The van der Waals surface area contributed by atoms with E-state index in [0.29, 0.717) is 0 Å². The Morgan fingerprint density at radius 1 is 1.47 bits per heavy atom. The Morgan fingerprint density at radius 2 is 2.29 bits per heavy atom. The van der Waals surface area contributed by atoms with Gasteiger partial charge in [0.05, 0.1) is 0 Å². The van der Waals surface area contributed by atoms with Crippen LogP contribution >= 0.6 is 34.7 Å². The molecule has 7 heteroatoms. The minimum absolute atomic E-state index is 0.254. The van der Waals surface area contributed by atoms with E-state index in [1.165, 1.54) is 0 Å². The summed E-state index contributed by atoms with van der Waals surface area (Å²) in [5.41, 5.74) is 0.730. The zero-order valence-electron chi connectivity index (χ0n) is 8.81. The molecule has 0 saturated carbocycles. The number of anilines is 1. The van der Waals surface area contributed by atoms with Gasteiger partial charge < -0.3 is 5.32 Å². The predicted octanol–water partition coefficient (Wildman–Crippen LogP) is 3.17. The highest BCUT2D eigenvalue weighted by Gasteiger charge is 2.12. The van der Waals surface area contributed by atoms with Crippen molar-refractivity contribution in [2.45, 2.75) is 4.90 Å². The third-order valence-electron chi connectivity index (χ3n) is 1.92. The maximum absolute atomic E-state index is 11.8. The number of benzene rings is 1. The summed E-state index contributed by atoms with van der Waals surface area (Å²) in [5.74, 6) is -0.298. The molecule has 0 atom stereocenters. The molecule has 0 aliphatic rings. The zero-order chi connectivity index (χ0) is 12.3. The number of halogens is 1. The summed E-state index contributed by atoms with van der Waals surface area (Å²) in [6, 6.07) is 7.57. The Morgan fingerprint density at radius 3 is 2.94 bits per heavy atom. The van der Waals surface area contributed by atoms with Gasteiger partial charge in [-0.2, -0.15) is 0 Å². The molecule has 0 aliphatic carbocycles. The van der Waals surface area contributed by atoms with Crippen LogP contribution in [0.25, 0.3) is 0 Å². The number of rotatable bonds is 3. The van der Waals surface area contributed by atoms with Gasteiger partial charge in [0, 0.05) is 10.6 Å². The van der Waals surface area contributed by atoms with E-state index < -0.39 is 0 Å². The SMILES string of the molecule is CSc1cccc(NC(=O)c2nnc(Cl)s2)c1. The van der Waals surface area contributed by atoms with E-state index in [1.54, 1.807) is 11.8 Å². The zero-order valence-corrected chi connectivity index (χ0v) is 11.2. The fourth-order valence-electron chi connectivity index (χ4n) is 1.18. The van der Waals surface area contributed by atoms with Gasteiger partial charge in [-0.1, -0.05) is 17.4 Å². The van der Waals surface area contributed by atoms with Crippen molar-refractivity contribution in [3.05, 3.63) is 33.7 Å². The average molecular weight is 286 g/mol. The highest BCUT2D eigenvalue weighted by Crippen LogP contribution is 2.20. The molecule has 0 bridgehead atoms. The lowest BCUT2D eigenvalue weighted by atomic mass is 10.3. The molecule has 1 amide bonds. The van der Waals surface area contributed by atoms with Crippen molar-refractivity contribution in [2.24, 2.45) is 0 Å². The Labute approximate surface area is 111 Å². The van der Waals surface area contributed by atoms with E-state index in [-0.39, 0.29) is 15.4 Å². The van der Waals surface area contributed by atoms with Gasteiger partial charge in [-0.3, -0.25) is 4.79 Å². The fraction of sp³-hybridized carbons (Fsp3) is 0.100. The highest BCUT2D eigenvalue weighted by molar-refractivity contribution is 7.98. The third kappa shape index (κ3) is 3.18. The van der Waals surface area contributed by atoms with E-state index in [9.17, 15) is 4.79 Å². The Balaban J connectivity index is 2.12. The second kappa shape index (κ2) is 5.48. The van der Waals surface area contributed by atoms with Crippen molar-refractivity contribution < 1.29 is 4.79 Å². The van der Waals surface area contributed by atoms with E-state index in [4.69, 9.17) is 11.6 Å². The first-order valence-corrected chi connectivity index (χ1v) is 7.05. The molecule has 4 nitrogen and oxygen atoms in total. The lowest BCUT2D eigenvalue weighted by Gasteiger charge is -2.03. The van der Waals surface area contributed by atoms with E-state index in [0.717, 1.165) is 21.9 Å². The van der Waals surface area contributed by atoms with Gasteiger partial charge in [-0.15, -0.1) is 22.0 Å². The third-order valence-corrected chi connectivity index (χ3v) is 3.67. The Hall–Kier alpha value is -1.11. The summed E-state index contributed by atoms with van der Waals surface area (Å²) >= 11 is 8.28. The van der Waals surface area contributed by atoms with Gasteiger partial charge in [-0.05, 0) is 36.1 Å². The lowest BCUT2D eigenvalue weighted by molar-refractivity contribution is 0.102. The molecule has 2 rings (SSSR count). The molecule has 88 valence electrons. The summed E-state index contributed by atoms with van der Waals surface area (Å²) in [6.07, 6.45) is 1.98. The van der Waals surface area contributed by atoms with Crippen LogP contribution in [0.2, 0.25) is 4.47 Å². The highest BCUT2D eigenvalue weighted by atomic mass is 35.5. The van der Waals surface area contributed by atoms with Crippen LogP contribution in [0, 0.1) is 0 Å². The Kier molecular flexibility index (Phi) is 3.98. The number of hydrogen-bond acceptors (Lipinski definition) is 5. The van der Waals surface area contributed by atoms with Crippen LogP contribution in [-0.2, 0) is 0 Å². The van der Waals surface area contributed by atoms with Crippen molar-refractivity contribution >= 4 is 46.3 Å². The molecule has 0 radical (unpaired) electrons. The first-order chi connectivity index (χ1) is 8.19. The number of amides is 1. The van der Waals surface area contributed by atoms with Crippen molar-refractivity contribution in [1.29, 1.82) is 0 Å². The van der Waals surface area contributed by atoms with Crippen LogP contribution in [0.3, 0.4) is 0 Å². The van der Waals surface area contributed by atoms with Gasteiger partial charge in [0.15, 0.2) is 0 Å². The van der Waals surface area contributed by atoms with Crippen molar-refractivity contribution in [3.8, 4) is 0 Å². The average Bonchev–Trinajstić information content (AvgIpc) is 2.76. The number of nitrogens with zero attached hydrogens (tertiary/aromatic N) is 2. The monoisotopic (exact) mass is 285 g/mol. The fourth-order valence-corrected chi connectivity index (χ4v) is 2.37. The van der Waals surface area contributed by atoms with Crippen molar-refractivity contribution in [2.75, 3.05) is 11.6 Å². The number of nitrogens with one attached hydrogen (secondary N) is 1. The summed E-state index contributed by atoms with van der Waals surface area (Å²) in [5, 5.41) is 10.3. The molecule has 0 fully saturated rings. The van der Waals surface area contributed by atoms with Gasteiger partial charge in [0.1, 0.15) is 0 Å². The molecular weight excluding hydrogens is 278 g/mol. The normalized spacial score (nSPS) is 10.2. The molecule has 1 aromatic heterocycles. The summed E-state index contributed by atoms with van der Waals surface area (Å²) in [4.78, 5) is 12.8. The van der Waals surface area contributed by atoms with E-state index in [1.807, 2.05) is 30.5 Å². The number of carbonyl (C=O) groups is 1. The second-order valence-corrected chi connectivity index (χ2v) is 5.49. The van der Waals surface area contributed by atoms with Crippen LogP contribution in [0.15, 0.2) is 29.2 Å². The van der Waals surface area contributed by atoms with Crippen molar-refractivity contribution in [3.63, 3.8) is 0 Å². The molecular formula is C10H8ClN3OS2. The van der Waals surface area contributed by atoms with Crippen LogP contribution in [0.5, 0.6) is 0 Å². The minimum atomic E-state index is -0.298. The topological polar surface area (TPSA) is 54.9 Å². The summed E-state index contributed by atoms with van der Waals surface area (Å²) in [6.45, 7) is 0. The molecule has 0 saturated heterocycles. The predicted molar refractivity (Wildman–Crippen MR) is 71.1 cm³/mol.